The number of carbonyl (C=O) groups excluding carboxylic acids is 3. The molecule has 1 aromatic rings. The van der Waals surface area contributed by atoms with Gasteiger partial charge in [0.25, 0.3) is 0 Å². The molecule has 1 aromatic heterocycles. The molecular weight excluding hydrogens is 467 g/mol. The van der Waals surface area contributed by atoms with Crippen molar-refractivity contribution in [2.45, 2.75) is 30.8 Å². The van der Waals surface area contributed by atoms with E-state index in [1.54, 1.807) is 0 Å². The maximum absolute atomic E-state index is 12.3. The van der Waals surface area contributed by atoms with Crippen molar-refractivity contribution in [2.75, 3.05) is 4.43 Å². The lowest BCUT2D eigenvalue weighted by molar-refractivity contribution is -0.160. The Labute approximate surface area is 160 Å². The second kappa shape index (κ2) is 8.30. The zero-order chi connectivity index (χ0) is 17.9. The molecule has 10 heteroatoms. The molecule has 2 amide bonds. The zero-order valence-corrected chi connectivity index (χ0v) is 16.4. The van der Waals surface area contributed by atoms with Gasteiger partial charge in [-0.25, -0.2) is 4.79 Å². The van der Waals surface area contributed by atoms with Gasteiger partial charge in [0.15, 0.2) is 10.5 Å². The molecule has 1 fully saturated rings. The number of amides is 2. The molecule has 0 saturated carbocycles. The second-order valence-corrected chi connectivity index (χ2v) is 8.24. The van der Waals surface area contributed by atoms with Crippen molar-refractivity contribution in [3.63, 3.8) is 0 Å². The molecule has 3 atom stereocenters. The topological polar surface area (TPSA) is 104 Å². The minimum Gasteiger partial charge on any atom is -0.479 e. The third-order valence-corrected chi connectivity index (χ3v) is 6.16. The molecule has 2 N–H and O–H groups in total. The van der Waals surface area contributed by atoms with Gasteiger partial charge in [-0.15, -0.1) is 11.3 Å². The van der Waals surface area contributed by atoms with E-state index in [9.17, 15) is 24.3 Å². The fraction of sp³-hybridized carbons (Fsp3) is 0.429. The Morgan fingerprint density at radius 1 is 1.50 bits per heavy atom. The first kappa shape index (κ1) is 19.2. The lowest BCUT2D eigenvalue weighted by Crippen LogP contribution is -2.74. The normalized spacial score (nSPS) is 21.1. The molecule has 2 rings (SSSR count). The highest BCUT2D eigenvalue weighted by atomic mass is 127. The van der Waals surface area contributed by atoms with Gasteiger partial charge in [-0.05, 0) is 11.4 Å². The average molecular weight is 482 g/mol. The number of aliphatic carboxylic acids is 1. The lowest BCUT2D eigenvalue weighted by Gasteiger charge is -2.48. The smallest absolute Gasteiger partial charge is 0.337 e. The van der Waals surface area contributed by atoms with Gasteiger partial charge in [-0.2, -0.15) is 0 Å². The van der Waals surface area contributed by atoms with Crippen molar-refractivity contribution in [3.8, 4) is 0 Å². The minimum atomic E-state index is -1.26. The number of carboxylic acids is 1. The van der Waals surface area contributed by atoms with Gasteiger partial charge in [0.1, 0.15) is 6.04 Å². The Kier molecular flexibility index (Phi) is 6.63. The molecule has 2 heterocycles. The number of nitrogens with zero attached hydrogens (tertiary/aromatic N) is 1. The number of thioether (sulfide) groups is 1. The van der Waals surface area contributed by atoms with E-state index in [1.165, 1.54) is 18.3 Å². The van der Waals surface area contributed by atoms with Gasteiger partial charge in [-0.1, -0.05) is 40.4 Å². The van der Waals surface area contributed by atoms with Crippen LogP contribution in [0.2, 0.25) is 0 Å². The SMILES string of the molecule is CC(=O)SC(C(=O)O)N1C(=O)C(NC(=O)Cc2cccs2)C1CI. The number of carboxylic acid groups (broad SMARTS) is 1. The maximum atomic E-state index is 12.3. The highest BCUT2D eigenvalue weighted by molar-refractivity contribution is 14.1. The molecule has 0 radical (unpaired) electrons. The van der Waals surface area contributed by atoms with E-state index < -0.39 is 29.3 Å². The molecule has 0 spiro atoms. The first-order valence-electron chi connectivity index (χ1n) is 6.95. The summed E-state index contributed by atoms with van der Waals surface area (Å²) in [6.07, 6.45) is 0.181. The van der Waals surface area contributed by atoms with Gasteiger partial charge in [-0.3, -0.25) is 14.4 Å². The van der Waals surface area contributed by atoms with Crippen LogP contribution in [0.3, 0.4) is 0 Å². The predicted octanol–water partition coefficient (Wildman–Crippen LogP) is 1.11. The Balaban J connectivity index is 2.03. The van der Waals surface area contributed by atoms with Crippen molar-refractivity contribution >= 4 is 68.6 Å². The van der Waals surface area contributed by atoms with Gasteiger partial charge in [0.05, 0.1) is 12.5 Å². The fourth-order valence-electron chi connectivity index (χ4n) is 2.36. The number of thiophene rings is 1. The molecule has 1 saturated heterocycles. The van der Waals surface area contributed by atoms with E-state index in [2.05, 4.69) is 5.32 Å². The summed E-state index contributed by atoms with van der Waals surface area (Å²) in [6.45, 7) is 1.25. The summed E-state index contributed by atoms with van der Waals surface area (Å²) < 4.78 is 0.454. The molecule has 3 unspecified atom stereocenters. The number of hydrogen-bond acceptors (Lipinski definition) is 6. The third kappa shape index (κ3) is 4.28. The number of rotatable bonds is 7. The van der Waals surface area contributed by atoms with Crippen molar-refractivity contribution < 1.29 is 24.3 Å². The Morgan fingerprint density at radius 2 is 2.21 bits per heavy atom. The van der Waals surface area contributed by atoms with E-state index in [4.69, 9.17) is 0 Å². The van der Waals surface area contributed by atoms with Gasteiger partial charge in [0, 0.05) is 16.2 Å². The maximum Gasteiger partial charge on any atom is 0.337 e. The van der Waals surface area contributed by atoms with Crippen molar-refractivity contribution in [1.29, 1.82) is 0 Å². The predicted molar refractivity (Wildman–Crippen MR) is 99.2 cm³/mol. The summed E-state index contributed by atoms with van der Waals surface area (Å²) >= 11 is 4.08. The van der Waals surface area contributed by atoms with Gasteiger partial charge >= 0.3 is 5.97 Å². The lowest BCUT2D eigenvalue weighted by atomic mass is 9.96. The van der Waals surface area contributed by atoms with Crippen LogP contribution in [0.25, 0.3) is 0 Å². The van der Waals surface area contributed by atoms with Crippen LogP contribution in [-0.2, 0) is 25.6 Å². The second-order valence-electron chi connectivity index (χ2n) is 5.07. The minimum absolute atomic E-state index is 0.181. The Hall–Kier alpha value is -1.14. The first-order chi connectivity index (χ1) is 11.3. The van der Waals surface area contributed by atoms with Crippen molar-refractivity contribution in [3.05, 3.63) is 22.4 Å². The molecule has 1 aliphatic rings. The summed E-state index contributed by atoms with van der Waals surface area (Å²) in [4.78, 5) is 49.0. The van der Waals surface area contributed by atoms with E-state index in [-0.39, 0.29) is 17.4 Å². The Bertz CT molecular complexity index is 652. The highest BCUT2D eigenvalue weighted by Gasteiger charge is 2.52. The van der Waals surface area contributed by atoms with E-state index in [0.717, 1.165) is 9.78 Å². The molecule has 0 aromatic carbocycles. The highest BCUT2D eigenvalue weighted by Crippen LogP contribution is 2.30. The first-order valence-corrected chi connectivity index (χ1v) is 10.2. The number of halogens is 1. The van der Waals surface area contributed by atoms with Crippen LogP contribution in [0.5, 0.6) is 0 Å². The average Bonchev–Trinajstić information content (AvgIpc) is 3.00. The third-order valence-electron chi connectivity index (χ3n) is 3.39. The fourth-order valence-corrected chi connectivity index (χ4v) is 4.78. The summed E-state index contributed by atoms with van der Waals surface area (Å²) in [5.74, 6) is -2.00. The van der Waals surface area contributed by atoms with Crippen LogP contribution >= 0.6 is 45.7 Å². The number of β-lactam (4-membered cyclic amide) rings is 1. The number of likely N-dealkylation sites (tertiary alicyclic amines) is 1. The van der Waals surface area contributed by atoms with E-state index in [0.29, 0.717) is 16.2 Å². The van der Waals surface area contributed by atoms with Crippen LogP contribution in [-0.4, -0.2) is 54.8 Å². The molecule has 1 aliphatic heterocycles. The number of hydrogen-bond donors (Lipinski definition) is 2. The summed E-state index contributed by atoms with van der Waals surface area (Å²) in [5, 5.41) is 12.2. The summed E-state index contributed by atoms with van der Waals surface area (Å²) in [7, 11) is 0. The zero-order valence-electron chi connectivity index (χ0n) is 12.6. The standard InChI is InChI=1S/C14H15IN2O5S2/c1-7(18)24-13(14(21)22)17-9(6-15)11(12(17)20)16-10(19)5-8-3-2-4-23-8/h2-4,9,11,13H,5-6H2,1H3,(H,16,19)(H,21,22). The summed E-state index contributed by atoms with van der Waals surface area (Å²) in [5.41, 5.74) is 0. The van der Waals surface area contributed by atoms with E-state index >= 15 is 0 Å². The van der Waals surface area contributed by atoms with E-state index in [1.807, 2.05) is 40.1 Å². The largest absolute Gasteiger partial charge is 0.479 e. The molecule has 24 heavy (non-hydrogen) atoms. The summed E-state index contributed by atoms with van der Waals surface area (Å²) in [6, 6.07) is 2.48. The van der Waals surface area contributed by atoms with Crippen LogP contribution < -0.4 is 5.32 Å². The molecule has 0 aliphatic carbocycles. The molecule has 0 bridgehead atoms. The van der Waals surface area contributed by atoms with Crippen LogP contribution in [0, 0.1) is 0 Å². The van der Waals surface area contributed by atoms with Gasteiger partial charge < -0.3 is 15.3 Å². The number of alkyl halides is 1. The van der Waals surface area contributed by atoms with Crippen molar-refractivity contribution in [1.82, 2.24) is 10.2 Å². The van der Waals surface area contributed by atoms with Crippen LogP contribution in [0.4, 0.5) is 0 Å². The number of carbonyl (C=O) groups is 4. The van der Waals surface area contributed by atoms with Crippen molar-refractivity contribution in [2.24, 2.45) is 0 Å². The molecular formula is C14H15IN2O5S2. The van der Waals surface area contributed by atoms with Gasteiger partial charge in [0.2, 0.25) is 11.8 Å². The Morgan fingerprint density at radius 3 is 2.71 bits per heavy atom. The number of nitrogens with one attached hydrogen (secondary N) is 1. The van der Waals surface area contributed by atoms with Crippen LogP contribution in [0.1, 0.15) is 11.8 Å². The molecule has 130 valence electrons. The van der Waals surface area contributed by atoms with Crippen LogP contribution in [0.15, 0.2) is 17.5 Å². The monoisotopic (exact) mass is 482 g/mol. The quantitative estimate of drug-likeness (QED) is 0.343. The molecule has 7 nitrogen and oxygen atoms in total.